The second kappa shape index (κ2) is 12.4. The molecular weight excluding hydrogens is 557 g/mol. The lowest BCUT2D eigenvalue weighted by Gasteiger charge is -2.11. The minimum Gasteiger partial charge on any atom is -0.453 e. The van der Waals surface area contributed by atoms with E-state index in [2.05, 4.69) is 25.9 Å². The second-order valence-corrected chi connectivity index (χ2v) is 9.94. The number of aromatic nitrogens is 3. The third-order valence-electron chi connectivity index (χ3n) is 6.06. The molecule has 0 radical (unpaired) electrons. The summed E-state index contributed by atoms with van der Waals surface area (Å²) in [5.41, 5.74) is 1.42. The fraction of sp³-hybridized carbons (Fsp3) is 0.179. The number of fused-ring (bicyclic) bond motifs is 1. The number of nitrogens with one attached hydrogen (secondary N) is 3. The molecule has 3 N–H and O–H groups in total. The molecule has 3 aromatic heterocycles. The normalized spacial score (nSPS) is 11.1. The molecule has 0 fully saturated rings. The lowest BCUT2D eigenvalue weighted by Crippen LogP contribution is -2.20. The Bertz CT molecular complexity index is 1710. The van der Waals surface area contributed by atoms with Gasteiger partial charge in [0.1, 0.15) is 23.2 Å². The van der Waals surface area contributed by atoms with Gasteiger partial charge in [-0.15, -0.1) is 11.3 Å². The molecule has 13 heteroatoms. The molecule has 41 heavy (non-hydrogen) atoms. The first-order chi connectivity index (χ1) is 19.8. The van der Waals surface area contributed by atoms with Crippen LogP contribution in [0.5, 0.6) is 11.5 Å². The van der Waals surface area contributed by atoms with Gasteiger partial charge in [-0.05, 0) is 30.3 Å². The van der Waals surface area contributed by atoms with E-state index in [1.54, 1.807) is 19.4 Å². The van der Waals surface area contributed by atoms with Crippen LogP contribution in [-0.2, 0) is 18.3 Å². The zero-order valence-corrected chi connectivity index (χ0v) is 22.8. The quantitative estimate of drug-likeness (QED) is 0.167. The predicted molar refractivity (Wildman–Crippen MR) is 151 cm³/mol. The Hall–Kier alpha value is -4.46. The Morgan fingerprint density at radius 3 is 2.66 bits per heavy atom. The van der Waals surface area contributed by atoms with Crippen molar-refractivity contribution >= 4 is 39.0 Å². The molecule has 5 rings (SSSR count). The van der Waals surface area contributed by atoms with Gasteiger partial charge in [0, 0.05) is 57.3 Å². The number of thiophene rings is 1. The van der Waals surface area contributed by atoms with Crippen molar-refractivity contribution in [2.24, 2.45) is 7.05 Å². The first kappa shape index (κ1) is 28.1. The highest BCUT2D eigenvalue weighted by atomic mass is 32.1. The van der Waals surface area contributed by atoms with Crippen LogP contribution in [0.25, 0.3) is 20.9 Å². The lowest BCUT2D eigenvalue weighted by molar-refractivity contribution is 0.199. The molecule has 3 heterocycles. The van der Waals surface area contributed by atoms with Gasteiger partial charge in [-0.3, -0.25) is 4.98 Å². The number of pyridine rings is 1. The number of ether oxygens (including phenoxy) is 2. The summed E-state index contributed by atoms with van der Waals surface area (Å²) in [6.45, 7) is 1.97. The van der Waals surface area contributed by atoms with Gasteiger partial charge in [-0.1, -0.05) is 0 Å². The maximum atomic E-state index is 15.0. The molecule has 0 aliphatic rings. The van der Waals surface area contributed by atoms with E-state index in [1.165, 1.54) is 23.5 Å². The third kappa shape index (κ3) is 6.48. The van der Waals surface area contributed by atoms with Crippen LogP contribution in [-0.4, -0.2) is 40.8 Å². The molecule has 0 bridgehead atoms. The van der Waals surface area contributed by atoms with Crippen molar-refractivity contribution in [1.82, 2.24) is 19.9 Å². The minimum atomic E-state index is -0.868. The Kier molecular flexibility index (Phi) is 8.47. The maximum absolute atomic E-state index is 15.0. The summed E-state index contributed by atoms with van der Waals surface area (Å²) >= 11 is 1.42. The summed E-state index contributed by atoms with van der Waals surface area (Å²) in [7, 11) is 3.59. The molecule has 9 nitrogen and oxygen atoms in total. The topological polar surface area (TPSA) is 102 Å². The predicted octanol–water partition coefficient (Wildman–Crippen LogP) is 6.29. The molecule has 2 amide bonds. The fourth-order valence-electron chi connectivity index (χ4n) is 3.99. The molecule has 0 aliphatic carbocycles. The number of halogens is 3. The zero-order valence-electron chi connectivity index (χ0n) is 22.0. The van der Waals surface area contributed by atoms with Crippen LogP contribution in [0, 0.1) is 17.5 Å². The van der Waals surface area contributed by atoms with Crippen molar-refractivity contribution in [3.05, 3.63) is 84.1 Å². The number of urea groups is 1. The number of benzene rings is 2. The van der Waals surface area contributed by atoms with Gasteiger partial charge in [-0.2, -0.15) is 0 Å². The third-order valence-corrected chi connectivity index (χ3v) is 7.19. The van der Waals surface area contributed by atoms with Crippen molar-refractivity contribution in [2.75, 3.05) is 30.9 Å². The number of carbonyl (C=O) groups excluding carboxylic acids is 1. The van der Waals surface area contributed by atoms with Crippen LogP contribution >= 0.6 is 11.3 Å². The summed E-state index contributed by atoms with van der Waals surface area (Å²) in [5.74, 6) is -1.17. The number of hydrogen-bond donors (Lipinski definition) is 3. The van der Waals surface area contributed by atoms with Crippen LogP contribution in [0.15, 0.2) is 60.9 Å². The van der Waals surface area contributed by atoms with Crippen molar-refractivity contribution < 1.29 is 27.4 Å². The molecule has 5 aromatic rings. The van der Waals surface area contributed by atoms with Gasteiger partial charge in [-0.25, -0.2) is 22.9 Å². The molecule has 0 spiro atoms. The highest BCUT2D eigenvalue weighted by Crippen LogP contribution is 2.39. The number of carbonyl (C=O) groups is 1. The highest BCUT2D eigenvalue weighted by Gasteiger charge is 2.17. The number of hydrogen-bond acceptors (Lipinski definition) is 7. The monoisotopic (exact) mass is 582 g/mol. The first-order valence-electron chi connectivity index (χ1n) is 12.4. The van der Waals surface area contributed by atoms with Crippen LogP contribution in [0.4, 0.5) is 29.3 Å². The van der Waals surface area contributed by atoms with Crippen LogP contribution < -0.4 is 20.7 Å². The maximum Gasteiger partial charge on any atom is 0.323 e. The second-order valence-electron chi connectivity index (χ2n) is 8.89. The van der Waals surface area contributed by atoms with E-state index in [0.717, 1.165) is 47.2 Å². The van der Waals surface area contributed by atoms with E-state index >= 15 is 0 Å². The minimum absolute atomic E-state index is 0.0732. The average Bonchev–Trinajstić information content (AvgIpc) is 3.54. The Morgan fingerprint density at radius 1 is 1.00 bits per heavy atom. The van der Waals surface area contributed by atoms with Gasteiger partial charge in [0.25, 0.3) is 0 Å². The number of imidazole rings is 1. The standard InChI is InChI=1S/C28H25F3N6O3S/c1-37-18(14-32-9-10-39-2)15-34-27(37)25-13-22-26(41-25)24(7-8-33-22)40-23-6-4-17(12-20(23)31)35-28(38)36-21-11-16(29)3-5-19(21)30/h3-8,11-13,15,32H,9-10,14H2,1-2H3,(H2,35,36,38). The average molecular weight is 583 g/mol. The molecule has 0 atom stereocenters. The molecule has 0 saturated heterocycles. The largest absolute Gasteiger partial charge is 0.453 e. The van der Waals surface area contributed by atoms with Crippen LogP contribution in [0.1, 0.15) is 5.69 Å². The van der Waals surface area contributed by atoms with Crippen molar-refractivity contribution in [3.63, 3.8) is 0 Å². The Labute approximate surface area is 237 Å². The lowest BCUT2D eigenvalue weighted by atomic mass is 10.2. The van der Waals surface area contributed by atoms with Crippen LogP contribution in [0.2, 0.25) is 0 Å². The van der Waals surface area contributed by atoms with E-state index in [0.29, 0.717) is 29.1 Å². The number of rotatable bonds is 10. The Balaban J connectivity index is 1.30. The zero-order chi connectivity index (χ0) is 28.9. The molecule has 0 aliphatic heterocycles. The van der Waals surface area contributed by atoms with Gasteiger partial charge in [0.15, 0.2) is 11.6 Å². The van der Waals surface area contributed by atoms with E-state index in [-0.39, 0.29) is 17.1 Å². The summed E-state index contributed by atoms with van der Waals surface area (Å²) in [6, 6.07) is 9.17. The van der Waals surface area contributed by atoms with E-state index in [4.69, 9.17) is 9.47 Å². The Morgan fingerprint density at radius 2 is 1.85 bits per heavy atom. The summed E-state index contributed by atoms with van der Waals surface area (Å²) in [6.07, 6.45) is 3.38. The number of nitrogens with zero attached hydrogens (tertiary/aromatic N) is 3. The van der Waals surface area contributed by atoms with Gasteiger partial charge < -0.3 is 30.0 Å². The number of amides is 2. The molecule has 2 aromatic carbocycles. The summed E-state index contributed by atoms with van der Waals surface area (Å²) < 4.78 is 55.8. The van der Waals surface area contributed by atoms with Gasteiger partial charge in [0.05, 0.1) is 39.3 Å². The smallest absolute Gasteiger partial charge is 0.323 e. The SMILES string of the molecule is COCCNCc1cnc(-c2cc3nccc(Oc4ccc(NC(=O)Nc5cc(F)ccc5F)cc4F)c3s2)n1C. The van der Waals surface area contributed by atoms with Gasteiger partial charge >= 0.3 is 6.03 Å². The van der Waals surface area contributed by atoms with Crippen molar-refractivity contribution in [1.29, 1.82) is 0 Å². The highest BCUT2D eigenvalue weighted by molar-refractivity contribution is 7.22. The number of anilines is 2. The van der Waals surface area contributed by atoms with Crippen molar-refractivity contribution in [2.45, 2.75) is 6.54 Å². The summed E-state index contributed by atoms with van der Waals surface area (Å²) in [4.78, 5) is 22.1. The number of methoxy groups -OCH3 is 1. The van der Waals surface area contributed by atoms with Crippen LogP contribution in [0.3, 0.4) is 0 Å². The molecule has 0 unspecified atom stereocenters. The van der Waals surface area contributed by atoms with E-state index < -0.39 is 23.5 Å². The molecule has 0 saturated carbocycles. The molecule has 212 valence electrons. The first-order valence-corrected chi connectivity index (χ1v) is 13.2. The van der Waals surface area contributed by atoms with Gasteiger partial charge in [0.2, 0.25) is 0 Å². The fourth-order valence-corrected chi connectivity index (χ4v) is 5.09. The van der Waals surface area contributed by atoms with Crippen molar-refractivity contribution in [3.8, 4) is 22.2 Å². The van der Waals surface area contributed by atoms with E-state index in [9.17, 15) is 18.0 Å². The van der Waals surface area contributed by atoms with E-state index in [1.807, 2.05) is 23.9 Å². The molecular formula is C28H25F3N6O3S. The summed E-state index contributed by atoms with van der Waals surface area (Å²) in [5, 5.41) is 7.87.